The number of allylic oxidation sites excluding steroid dienone is 5. The zero-order chi connectivity index (χ0) is 38.7. The van der Waals surface area contributed by atoms with E-state index in [1.165, 1.54) is 44.1 Å². The molecule has 5 atom stereocenters. The number of ether oxygens (including phenoxy) is 2. The molecule has 2 bridgehead atoms. The van der Waals surface area contributed by atoms with Crippen LogP contribution in [0.25, 0.3) is 16.7 Å². The molecule has 3 aromatic rings. The third-order valence-electron chi connectivity index (χ3n) is 15.5. The Morgan fingerprint density at radius 2 is 1.60 bits per heavy atom. The lowest BCUT2D eigenvalue weighted by Crippen LogP contribution is -2.52. The van der Waals surface area contributed by atoms with Gasteiger partial charge in [-0.2, -0.15) is 0 Å². The predicted molar refractivity (Wildman–Crippen MR) is 222 cm³/mol. The van der Waals surface area contributed by atoms with Gasteiger partial charge in [0.25, 0.3) is 0 Å². The van der Waals surface area contributed by atoms with Gasteiger partial charge in [-0.25, -0.2) is 9.59 Å². The Labute approximate surface area is 337 Å². The Bertz CT molecular complexity index is 2200. The van der Waals surface area contributed by atoms with E-state index in [1.807, 2.05) is 36.4 Å². The second-order valence-corrected chi connectivity index (χ2v) is 18.1. The molecule has 3 aliphatic heterocycles. The van der Waals surface area contributed by atoms with Crippen LogP contribution in [-0.2, 0) is 25.5 Å². The summed E-state index contributed by atoms with van der Waals surface area (Å²) in [5, 5.41) is 14.6. The SMILES string of the molecule is CC[C@H](/C=C1\OC(=O)C2=C(c3cc(O)ccc3-c3ccccc3)[C@@H]3CC[C@@]21[C@H]1C2=C(CC[C@@H]31)C(=CCC1(C3CCNCC3)CCCC1)OC2=O)Cc1ccccc1. The number of fused-ring (bicyclic) bond motifs is 1. The van der Waals surface area contributed by atoms with Crippen LogP contribution < -0.4 is 5.32 Å². The normalized spacial score (nSPS) is 29.7. The van der Waals surface area contributed by atoms with Crippen molar-refractivity contribution in [2.75, 3.05) is 13.1 Å². The molecule has 6 heteroatoms. The molecule has 1 spiro atoms. The molecule has 3 heterocycles. The van der Waals surface area contributed by atoms with E-state index in [1.54, 1.807) is 6.07 Å². The zero-order valence-electron chi connectivity index (χ0n) is 33.2. The van der Waals surface area contributed by atoms with Crippen molar-refractivity contribution in [2.24, 2.45) is 40.4 Å². The molecule has 57 heavy (non-hydrogen) atoms. The monoisotopic (exact) mass is 761 g/mol. The fraction of sp³-hybridized carbons (Fsp3) is 0.451. The maximum absolute atomic E-state index is 14.8. The lowest BCUT2D eigenvalue weighted by atomic mass is 9.44. The Hall–Kier alpha value is -4.68. The maximum atomic E-state index is 14.8. The van der Waals surface area contributed by atoms with Crippen molar-refractivity contribution in [3.8, 4) is 16.9 Å². The van der Waals surface area contributed by atoms with Crippen LogP contribution in [0.2, 0.25) is 0 Å². The van der Waals surface area contributed by atoms with Crippen LogP contribution in [0.1, 0.15) is 95.1 Å². The lowest BCUT2D eigenvalue weighted by molar-refractivity contribution is -0.135. The van der Waals surface area contributed by atoms with Crippen LogP contribution >= 0.6 is 0 Å². The van der Waals surface area contributed by atoms with E-state index in [2.05, 4.69) is 60.8 Å². The number of rotatable bonds is 9. The highest BCUT2D eigenvalue weighted by Gasteiger charge is 2.68. The van der Waals surface area contributed by atoms with Crippen molar-refractivity contribution in [3.63, 3.8) is 0 Å². The highest BCUT2D eigenvalue weighted by atomic mass is 16.5. The molecular weight excluding hydrogens is 707 g/mol. The van der Waals surface area contributed by atoms with Crippen molar-refractivity contribution < 1.29 is 24.2 Å². The Balaban J connectivity index is 1.13. The summed E-state index contributed by atoms with van der Waals surface area (Å²) < 4.78 is 13.0. The minimum Gasteiger partial charge on any atom is -0.508 e. The van der Waals surface area contributed by atoms with Gasteiger partial charge < -0.3 is 19.9 Å². The first kappa shape index (κ1) is 36.6. The van der Waals surface area contributed by atoms with Crippen LogP contribution in [-0.4, -0.2) is 30.1 Å². The van der Waals surface area contributed by atoms with Gasteiger partial charge >= 0.3 is 11.9 Å². The zero-order valence-corrected chi connectivity index (χ0v) is 33.2. The van der Waals surface area contributed by atoms with E-state index in [0.717, 1.165) is 97.2 Å². The summed E-state index contributed by atoms with van der Waals surface area (Å²) in [5.74, 6) is 1.92. The molecule has 0 unspecified atom stereocenters. The maximum Gasteiger partial charge on any atom is 0.340 e. The molecule has 3 aromatic carbocycles. The minimum atomic E-state index is -0.799. The largest absolute Gasteiger partial charge is 0.508 e. The summed E-state index contributed by atoms with van der Waals surface area (Å²) in [4.78, 5) is 29.3. The molecule has 0 amide bonds. The number of phenols is 1. The number of nitrogens with one attached hydrogen (secondary N) is 1. The van der Waals surface area contributed by atoms with Crippen LogP contribution in [0.15, 0.2) is 119 Å². The van der Waals surface area contributed by atoms with Crippen molar-refractivity contribution >= 4 is 17.5 Å². The van der Waals surface area contributed by atoms with Crippen LogP contribution in [0.3, 0.4) is 0 Å². The van der Waals surface area contributed by atoms with Gasteiger partial charge in [0, 0.05) is 17.1 Å². The van der Waals surface area contributed by atoms with Gasteiger partial charge in [0.1, 0.15) is 17.3 Å². The highest BCUT2D eigenvalue weighted by molar-refractivity contribution is 6.07. The number of benzene rings is 3. The average molecular weight is 762 g/mol. The lowest BCUT2D eigenvalue weighted by Gasteiger charge is -2.56. The number of aromatic hydroxyl groups is 1. The first-order valence-electron chi connectivity index (χ1n) is 21.9. The number of hydrogen-bond donors (Lipinski definition) is 2. The molecule has 294 valence electrons. The number of esters is 2. The van der Waals surface area contributed by atoms with E-state index in [4.69, 9.17) is 9.47 Å². The first-order chi connectivity index (χ1) is 27.9. The molecule has 2 saturated heterocycles. The fourth-order valence-corrected chi connectivity index (χ4v) is 12.9. The van der Waals surface area contributed by atoms with E-state index >= 15 is 0 Å². The van der Waals surface area contributed by atoms with E-state index in [9.17, 15) is 14.7 Å². The highest BCUT2D eigenvalue weighted by Crippen LogP contribution is 2.72. The summed E-state index contributed by atoms with van der Waals surface area (Å²) in [6, 6.07) is 26.4. The second kappa shape index (κ2) is 14.6. The quantitative estimate of drug-likeness (QED) is 0.211. The number of piperidine rings is 1. The van der Waals surface area contributed by atoms with Gasteiger partial charge in [0.15, 0.2) is 0 Å². The summed E-state index contributed by atoms with van der Waals surface area (Å²) in [7, 11) is 0. The smallest absolute Gasteiger partial charge is 0.340 e. The molecule has 2 N–H and O–H groups in total. The third-order valence-corrected chi connectivity index (χ3v) is 15.5. The number of phenolic OH excluding ortho intramolecular Hbond substituents is 1. The van der Waals surface area contributed by atoms with Crippen LogP contribution in [0.5, 0.6) is 5.75 Å². The molecular formula is C51H55NO5. The molecule has 2 saturated carbocycles. The van der Waals surface area contributed by atoms with Crippen LogP contribution in [0.4, 0.5) is 0 Å². The predicted octanol–water partition coefficient (Wildman–Crippen LogP) is 10.6. The molecule has 5 aliphatic carbocycles. The van der Waals surface area contributed by atoms with Crippen molar-refractivity contribution in [2.45, 2.75) is 90.4 Å². The Morgan fingerprint density at radius 1 is 0.842 bits per heavy atom. The Morgan fingerprint density at radius 3 is 2.35 bits per heavy atom. The van der Waals surface area contributed by atoms with Crippen molar-refractivity contribution in [1.29, 1.82) is 0 Å². The van der Waals surface area contributed by atoms with Gasteiger partial charge in [-0.15, -0.1) is 0 Å². The number of cyclic esters (lactones) is 2. The summed E-state index contributed by atoms with van der Waals surface area (Å²) in [6.45, 7) is 4.38. The van der Waals surface area contributed by atoms with Gasteiger partial charge in [-0.05, 0) is 165 Å². The third kappa shape index (κ3) is 5.99. The number of hydrogen-bond acceptors (Lipinski definition) is 6. The van der Waals surface area contributed by atoms with E-state index in [0.29, 0.717) is 17.3 Å². The van der Waals surface area contributed by atoms with Gasteiger partial charge in [-0.1, -0.05) is 86.5 Å². The number of carbonyl (C=O) groups is 2. The van der Waals surface area contributed by atoms with E-state index in [-0.39, 0.29) is 46.8 Å². The second-order valence-electron chi connectivity index (χ2n) is 18.1. The fourth-order valence-electron chi connectivity index (χ4n) is 12.9. The van der Waals surface area contributed by atoms with Gasteiger partial charge in [0.2, 0.25) is 0 Å². The van der Waals surface area contributed by atoms with Crippen LogP contribution in [0, 0.1) is 40.4 Å². The van der Waals surface area contributed by atoms with Gasteiger partial charge in [0.05, 0.1) is 11.0 Å². The molecule has 6 nitrogen and oxygen atoms in total. The molecule has 11 rings (SSSR count). The average Bonchev–Trinajstić information content (AvgIpc) is 3.95. The summed E-state index contributed by atoms with van der Waals surface area (Å²) in [5.41, 5.74) is 7.21. The minimum absolute atomic E-state index is 0.0332. The van der Waals surface area contributed by atoms with Crippen molar-refractivity contribution in [1.82, 2.24) is 5.32 Å². The summed E-state index contributed by atoms with van der Waals surface area (Å²) >= 11 is 0. The van der Waals surface area contributed by atoms with Gasteiger partial charge in [-0.3, -0.25) is 0 Å². The molecule has 8 aliphatic rings. The van der Waals surface area contributed by atoms with Crippen molar-refractivity contribution in [3.05, 3.63) is 130 Å². The standard InChI is InChI=1S/C51H55NO5/c1-2-32(29-33-11-5-3-6-12-33)30-43-51-26-19-38(44(47(51)49(55)57-43)41-31-36(53)15-16-37(41)34-13-7-4-8-14-34)39-17-18-40-42(56-48(54)45(40)46(39)51)20-25-50(23-9-10-24-50)35-21-27-52-28-22-35/h3-8,11-16,20,30-32,35,38-39,46,52-53H,2,9-10,17-19,21-29H2,1H3/b42-20?,43-30-/t32-,38+,39-,46+,51+/m0/s1. The van der Waals surface area contributed by atoms with E-state index < -0.39 is 5.41 Å². The topological polar surface area (TPSA) is 84.9 Å². The molecule has 4 fully saturated rings. The molecule has 0 radical (unpaired) electrons. The Kier molecular flexibility index (Phi) is 9.39. The first-order valence-corrected chi connectivity index (χ1v) is 21.9. The summed E-state index contributed by atoms with van der Waals surface area (Å²) in [6.07, 6.45) is 18.0. The number of carbonyl (C=O) groups excluding carboxylic acids is 2. The molecule has 0 aromatic heterocycles.